The van der Waals surface area contributed by atoms with Crippen molar-refractivity contribution in [2.24, 2.45) is 11.7 Å². The number of Topliss-reactive ketones (excluding diaryl/α,β-unsaturated/α-hetero) is 1. The topological polar surface area (TPSA) is 205 Å². The van der Waals surface area contributed by atoms with E-state index < -0.39 is 78.4 Å². The van der Waals surface area contributed by atoms with Gasteiger partial charge in [0.05, 0.1) is 18.5 Å². The van der Waals surface area contributed by atoms with Crippen LogP contribution in [0, 0.1) is 9.49 Å². The molecule has 0 fully saturated rings. The molecule has 2 aromatic carbocycles. The lowest BCUT2D eigenvalue weighted by Gasteiger charge is -2.28. The molecule has 3 rings (SSSR count). The Bertz CT molecular complexity index is 1340. The molecule has 0 aromatic heterocycles. The molecule has 0 heterocycles. The van der Waals surface area contributed by atoms with Crippen LogP contribution in [-0.4, -0.2) is 69.8 Å². The van der Waals surface area contributed by atoms with E-state index in [1.54, 1.807) is 0 Å². The average Bonchev–Trinajstić information content (AvgIpc) is 3.38. The van der Waals surface area contributed by atoms with Gasteiger partial charge in [-0.25, -0.2) is 0 Å². The molecule has 4 atom stereocenters. The Balaban J connectivity index is 1.80. The summed E-state index contributed by atoms with van der Waals surface area (Å²) in [6, 6.07) is 10.0. The monoisotopic (exact) mass is 706 g/mol. The fraction of sp³-hybridized carbons (Fsp3) is 0.400. The van der Waals surface area contributed by atoms with Gasteiger partial charge in [-0.15, -0.1) is 0 Å². The van der Waals surface area contributed by atoms with Gasteiger partial charge in [0.2, 0.25) is 17.7 Å². The summed E-state index contributed by atoms with van der Waals surface area (Å²) in [6.45, 7) is 1.16. The zero-order valence-corrected chi connectivity index (χ0v) is 25.7. The average molecular weight is 707 g/mol. The molecule has 3 amide bonds. The highest BCUT2D eigenvalue weighted by Crippen LogP contribution is 2.29. The van der Waals surface area contributed by atoms with Crippen molar-refractivity contribution in [1.29, 1.82) is 0 Å². The molecule has 0 unspecified atom stereocenters. The lowest BCUT2D eigenvalue weighted by Crippen LogP contribution is -2.59. The predicted octanol–water partition coefficient (Wildman–Crippen LogP) is 0.959. The highest BCUT2D eigenvalue weighted by atomic mass is 127. The quantitative estimate of drug-likeness (QED) is 0.146. The van der Waals surface area contributed by atoms with Gasteiger partial charge in [0.15, 0.2) is 5.78 Å². The first-order chi connectivity index (χ1) is 20.3. The van der Waals surface area contributed by atoms with Crippen LogP contribution in [0.25, 0.3) is 0 Å². The summed E-state index contributed by atoms with van der Waals surface area (Å²) < 4.78 is 1.01. The first-order valence-electron chi connectivity index (χ1n) is 13.8. The molecular formula is C30H35IN4O8. The molecule has 1 aliphatic carbocycles. The molecule has 13 heteroatoms. The molecule has 230 valence electrons. The minimum atomic E-state index is -1.33. The lowest BCUT2D eigenvalue weighted by atomic mass is 9.94. The normalized spacial score (nSPS) is 15.3. The Morgan fingerprint density at radius 1 is 0.837 bits per heavy atom. The number of amides is 3. The summed E-state index contributed by atoms with van der Waals surface area (Å²) >= 11 is 2.15. The van der Waals surface area contributed by atoms with Gasteiger partial charge in [-0.1, -0.05) is 36.4 Å². The largest absolute Gasteiger partial charge is 0.481 e. The number of carboxylic acids is 2. The van der Waals surface area contributed by atoms with E-state index in [4.69, 9.17) is 5.73 Å². The molecule has 12 nitrogen and oxygen atoms in total. The summed E-state index contributed by atoms with van der Waals surface area (Å²) in [4.78, 5) is 74.7. The highest BCUT2D eigenvalue weighted by molar-refractivity contribution is 14.1. The maximum Gasteiger partial charge on any atom is 0.305 e. The van der Waals surface area contributed by atoms with Gasteiger partial charge in [-0.2, -0.15) is 0 Å². The molecule has 0 aliphatic heterocycles. The molecule has 0 saturated carbocycles. The number of benzene rings is 2. The Hall–Kier alpha value is -3.85. The minimum absolute atomic E-state index is 0.178. The molecule has 2 aromatic rings. The van der Waals surface area contributed by atoms with Crippen LogP contribution in [0.5, 0.6) is 0 Å². The standard InChI is InChI=1S/C30H35IN4O8/c1-16(36)24(15-26(39)40)34-30(43)27(20-13-18-4-2-3-5-19(18)14-20)35-29(42)23(10-11-25(37)38)33-28(41)22(32)12-17-6-8-21(31)9-7-17/h2-9,20,22-24,27H,10-15,32H2,1H3,(H,33,41)(H,34,43)(H,35,42)(H,37,38)(H,39,40)/t22-,23-,24-,27-/m0/s1. The van der Waals surface area contributed by atoms with Crippen LogP contribution < -0.4 is 21.7 Å². The second-order valence-corrected chi connectivity index (χ2v) is 11.9. The lowest BCUT2D eigenvalue weighted by molar-refractivity contribution is -0.141. The number of aliphatic carboxylic acids is 2. The Morgan fingerprint density at radius 3 is 1.95 bits per heavy atom. The zero-order valence-electron chi connectivity index (χ0n) is 23.5. The summed E-state index contributed by atoms with van der Waals surface area (Å²) in [5, 5.41) is 26.1. The van der Waals surface area contributed by atoms with E-state index in [-0.39, 0.29) is 12.8 Å². The number of halogens is 1. The number of nitrogens with one attached hydrogen (secondary N) is 3. The van der Waals surface area contributed by atoms with Crippen LogP contribution in [0.4, 0.5) is 0 Å². The Morgan fingerprint density at radius 2 is 1.42 bits per heavy atom. The van der Waals surface area contributed by atoms with Gasteiger partial charge >= 0.3 is 11.9 Å². The van der Waals surface area contributed by atoms with Crippen molar-refractivity contribution in [3.05, 3.63) is 68.8 Å². The van der Waals surface area contributed by atoms with Gasteiger partial charge in [0.25, 0.3) is 0 Å². The number of rotatable bonds is 15. The molecule has 0 spiro atoms. The maximum atomic E-state index is 13.6. The molecule has 7 N–H and O–H groups in total. The molecule has 0 saturated heterocycles. The van der Waals surface area contributed by atoms with Gasteiger partial charge in [-0.3, -0.25) is 28.8 Å². The van der Waals surface area contributed by atoms with Gasteiger partial charge in [-0.05, 0) is 89.9 Å². The van der Waals surface area contributed by atoms with Crippen molar-refractivity contribution >= 4 is 58.0 Å². The fourth-order valence-corrected chi connectivity index (χ4v) is 5.35. The summed E-state index contributed by atoms with van der Waals surface area (Å²) in [5.74, 6) is -5.71. The van der Waals surface area contributed by atoms with Crippen molar-refractivity contribution in [2.75, 3.05) is 0 Å². The number of fused-ring (bicyclic) bond motifs is 1. The zero-order chi connectivity index (χ0) is 31.7. The first-order valence-corrected chi connectivity index (χ1v) is 14.8. The third kappa shape index (κ3) is 10.1. The number of hydrogen-bond donors (Lipinski definition) is 6. The van der Waals surface area contributed by atoms with Crippen LogP contribution >= 0.6 is 22.6 Å². The number of carboxylic acid groups (broad SMARTS) is 2. The summed E-state index contributed by atoms with van der Waals surface area (Å²) in [7, 11) is 0. The van der Waals surface area contributed by atoms with Crippen LogP contribution in [0.3, 0.4) is 0 Å². The third-order valence-corrected chi connectivity index (χ3v) is 8.02. The molecule has 0 radical (unpaired) electrons. The number of ketones is 1. The molecule has 1 aliphatic rings. The van der Waals surface area contributed by atoms with Gasteiger partial charge in [0, 0.05) is 9.99 Å². The van der Waals surface area contributed by atoms with E-state index in [2.05, 4.69) is 38.5 Å². The first kappa shape index (κ1) is 33.6. The van der Waals surface area contributed by atoms with E-state index in [9.17, 15) is 39.0 Å². The molecule has 43 heavy (non-hydrogen) atoms. The van der Waals surface area contributed by atoms with Crippen molar-refractivity contribution in [2.45, 2.75) is 69.6 Å². The second-order valence-electron chi connectivity index (χ2n) is 10.6. The van der Waals surface area contributed by atoms with Crippen LogP contribution in [0.15, 0.2) is 48.5 Å². The molecule has 0 bridgehead atoms. The van der Waals surface area contributed by atoms with E-state index in [0.717, 1.165) is 27.2 Å². The SMILES string of the molecule is CC(=O)[C@H](CC(=O)O)NC(=O)[C@@H](NC(=O)[C@H](CCC(=O)O)NC(=O)[C@@H](N)Cc1ccc(I)cc1)C1Cc2ccccc2C1. The predicted molar refractivity (Wildman–Crippen MR) is 164 cm³/mol. The smallest absolute Gasteiger partial charge is 0.305 e. The van der Waals surface area contributed by atoms with E-state index in [1.165, 1.54) is 0 Å². The summed E-state index contributed by atoms with van der Waals surface area (Å²) in [6.07, 6.45) is -0.324. The number of hydrogen-bond acceptors (Lipinski definition) is 7. The number of carbonyl (C=O) groups excluding carboxylic acids is 4. The van der Waals surface area contributed by atoms with Crippen molar-refractivity contribution in [3.63, 3.8) is 0 Å². The van der Waals surface area contributed by atoms with E-state index in [0.29, 0.717) is 12.8 Å². The van der Waals surface area contributed by atoms with Crippen LogP contribution in [0.2, 0.25) is 0 Å². The number of nitrogens with two attached hydrogens (primary N) is 1. The Labute approximate surface area is 262 Å². The fourth-order valence-electron chi connectivity index (χ4n) is 4.99. The molecular weight excluding hydrogens is 671 g/mol. The second kappa shape index (κ2) is 15.6. The number of carbonyl (C=O) groups is 6. The third-order valence-electron chi connectivity index (χ3n) is 7.31. The summed E-state index contributed by atoms with van der Waals surface area (Å²) in [5.41, 5.74) is 8.86. The van der Waals surface area contributed by atoms with Crippen molar-refractivity contribution in [1.82, 2.24) is 16.0 Å². The van der Waals surface area contributed by atoms with Crippen LogP contribution in [0.1, 0.15) is 42.9 Å². The maximum absolute atomic E-state index is 13.6. The van der Waals surface area contributed by atoms with Gasteiger partial charge in [0.1, 0.15) is 12.1 Å². The van der Waals surface area contributed by atoms with Crippen molar-refractivity contribution < 1.29 is 39.0 Å². The Kier molecular flexibility index (Phi) is 12.2. The van der Waals surface area contributed by atoms with Gasteiger partial charge < -0.3 is 31.9 Å². The van der Waals surface area contributed by atoms with E-state index >= 15 is 0 Å². The van der Waals surface area contributed by atoms with E-state index in [1.807, 2.05) is 48.5 Å². The minimum Gasteiger partial charge on any atom is -0.481 e. The van der Waals surface area contributed by atoms with Crippen LogP contribution in [-0.2, 0) is 48.0 Å². The highest BCUT2D eigenvalue weighted by Gasteiger charge is 2.37. The van der Waals surface area contributed by atoms with Crippen molar-refractivity contribution in [3.8, 4) is 0 Å².